The lowest BCUT2D eigenvalue weighted by Gasteiger charge is -2.15. The Bertz CT molecular complexity index is 812. The minimum absolute atomic E-state index is 0.0228. The van der Waals surface area contributed by atoms with Gasteiger partial charge < -0.3 is 13.8 Å². The highest BCUT2D eigenvalue weighted by molar-refractivity contribution is 5.75. The van der Waals surface area contributed by atoms with Gasteiger partial charge in [-0.25, -0.2) is 4.39 Å². The largest absolute Gasteiger partial charge is 0.467 e. The zero-order chi connectivity index (χ0) is 17.6. The van der Waals surface area contributed by atoms with Gasteiger partial charge in [-0.1, -0.05) is 5.16 Å². The average Bonchev–Trinajstić information content (AvgIpc) is 3.27. The lowest BCUT2D eigenvalue weighted by atomic mass is 10.2. The zero-order valence-corrected chi connectivity index (χ0v) is 13.8. The Morgan fingerprint density at radius 2 is 2.04 bits per heavy atom. The van der Waals surface area contributed by atoms with Gasteiger partial charge in [0.05, 0.1) is 12.8 Å². The van der Waals surface area contributed by atoms with E-state index >= 15 is 0 Å². The van der Waals surface area contributed by atoms with Crippen molar-refractivity contribution in [2.24, 2.45) is 0 Å². The third kappa shape index (κ3) is 4.53. The van der Waals surface area contributed by atoms with Crippen LogP contribution in [0.2, 0.25) is 0 Å². The highest BCUT2D eigenvalue weighted by Gasteiger charge is 2.13. The van der Waals surface area contributed by atoms with E-state index in [0.29, 0.717) is 43.1 Å². The average molecular weight is 343 g/mol. The fraction of sp³-hybridized carbons (Fsp3) is 0.278. The Hall–Kier alpha value is -2.96. The molecule has 7 heteroatoms. The monoisotopic (exact) mass is 343 g/mol. The van der Waals surface area contributed by atoms with E-state index in [4.69, 9.17) is 8.94 Å². The first-order valence-electron chi connectivity index (χ1n) is 7.96. The van der Waals surface area contributed by atoms with Gasteiger partial charge in [-0.3, -0.25) is 4.79 Å². The maximum absolute atomic E-state index is 12.9. The molecule has 1 aromatic carbocycles. The van der Waals surface area contributed by atoms with Crippen LogP contribution >= 0.6 is 0 Å². The number of halogens is 1. The molecule has 1 amide bonds. The lowest BCUT2D eigenvalue weighted by molar-refractivity contribution is -0.130. The normalized spacial score (nSPS) is 10.8. The molecule has 3 rings (SSSR count). The maximum atomic E-state index is 12.9. The third-order valence-corrected chi connectivity index (χ3v) is 3.75. The first-order chi connectivity index (χ1) is 12.1. The van der Waals surface area contributed by atoms with Crippen molar-refractivity contribution in [3.05, 3.63) is 60.1 Å². The quantitative estimate of drug-likeness (QED) is 0.657. The Morgan fingerprint density at radius 1 is 1.24 bits per heavy atom. The molecule has 3 aromatic rings. The molecule has 6 nitrogen and oxygen atoms in total. The highest BCUT2D eigenvalue weighted by atomic mass is 19.1. The SMILES string of the molecule is CN(Cc1ccco1)C(=O)CCCc1nc(-c2ccc(F)cc2)no1. The standard InChI is InChI=1S/C18H18FN3O3/c1-22(12-15-4-3-11-24-15)17(23)6-2-5-16-20-18(21-25-16)13-7-9-14(19)10-8-13/h3-4,7-11H,2,5-6,12H2,1H3. The summed E-state index contributed by atoms with van der Waals surface area (Å²) >= 11 is 0. The van der Waals surface area contributed by atoms with Gasteiger partial charge in [0.15, 0.2) is 0 Å². The first kappa shape index (κ1) is 16.9. The summed E-state index contributed by atoms with van der Waals surface area (Å²) in [5.41, 5.74) is 0.686. The van der Waals surface area contributed by atoms with Gasteiger partial charge in [-0.2, -0.15) is 4.98 Å². The molecule has 0 aliphatic carbocycles. The molecule has 0 fully saturated rings. The van der Waals surface area contributed by atoms with Gasteiger partial charge in [-0.15, -0.1) is 0 Å². The second kappa shape index (κ2) is 7.74. The molecule has 130 valence electrons. The van der Waals surface area contributed by atoms with Crippen molar-refractivity contribution in [1.29, 1.82) is 0 Å². The van der Waals surface area contributed by atoms with Crippen molar-refractivity contribution in [2.75, 3.05) is 7.05 Å². The Morgan fingerprint density at radius 3 is 2.76 bits per heavy atom. The highest BCUT2D eigenvalue weighted by Crippen LogP contribution is 2.17. The number of carbonyl (C=O) groups excluding carboxylic acids is 1. The predicted molar refractivity (Wildman–Crippen MR) is 87.8 cm³/mol. The van der Waals surface area contributed by atoms with Gasteiger partial charge in [-0.05, 0) is 42.8 Å². The summed E-state index contributed by atoms with van der Waals surface area (Å²) in [4.78, 5) is 18.0. The molecule has 0 radical (unpaired) electrons. The van der Waals surface area contributed by atoms with E-state index in [2.05, 4.69) is 10.1 Å². The summed E-state index contributed by atoms with van der Waals surface area (Å²) in [5, 5.41) is 3.88. The molecule has 0 unspecified atom stereocenters. The third-order valence-electron chi connectivity index (χ3n) is 3.75. The number of hydrogen-bond donors (Lipinski definition) is 0. The first-order valence-corrected chi connectivity index (χ1v) is 7.96. The summed E-state index contributed by atoms with van der Waals surface area (Å²) in [6, 6.07) is 9.51. The van der Waals surface area contributed by atoms with E-state index < -0.39 is 0 Å². The fourth-order valence-electron chi connectivity index (χ4n) is 2.38. The van der Waals surface area contributed by atoms with E-state index in [0.717, 1.165) is 5.76 Å². The summed E-state index contributed by atoms with van der Waals surface area (Å²) < 4.78 is 23.3. The van der Waals surface area contributed by atoms with Crippen LogP contribution in [0.4, 0.5) is 4.39 Å². The molecular formula is C18H18FN3O3. The molecule has 0 saturated heterocycles. The van der Waals surface area contributed by atoms with Crippen LogP contribution < -0.4 is 0 Å². The number of aromatic nitrogens is 2. The van der Waals surface area contributed by atoms with Gasteiger partial charge in [0.2, 0.25) is 17.6 Å². The molecule has 2 heterocycles. The maximum Gasteiger partial charge on any atom is 0.226 e. The van der Waals surface area contributed by atoms with Crippen LogP contribution in [0.1, 0.15) is 24.5 Å². The number of amides is 1. The molecule has 0 saturated carbocycles. The van der Waals surface area contributed by atoms with Crippen LogP contribution in [0, 0.1) is 5.82 Å². The van der Waals surface area contributed by atoms with Crippen LogP contribution in [0.25, 0.3) is 11.4 Å². The molecular weight excluding hydrogens is 325 g/mol. The number of benzene rings is 1. The fourth-order valence-corrected chi connectivity index (χ4v) is 2.38. The Kier molecular flexibility index (Phi) is 5.23. The molecule has 0 atom stereocenters. The topological polar surface area (TPSA) is 72.4 Å². The summed E-state index contributed by atoms with van der Waals surface area (Å²) in [6.45, 7) is 0.446. The van der Waals surface area contributed by atoms with Crippen LogP contribution in [-0.2, 0) is 17.8 Å². The molecule has 2 aromatic heterocycles. The second-order valence-electron chi connectivity index (χ2n) is 5.70. The molecule has 0 N–H and O–H groups in total. The van der Waals surface area contributed by atoms with Gasteiger partial charge in [0, 0.05) is 25.5 Å². The number of rotatable bonds is 7. The van der Waals surface area contributed by atoms with Crippen LogP contribution in [0.5, 0.6) is 0 Å². The summed E-state index contributed by atoms with van der Waals surface area (Å²) in [7, 11) is 1.74. The minimum Gasteiger partial charge on any atom is -0.467 e. The van der Waals surface area contributed by atoms with Gasteiger partial charge in [0.1, 0.15) is 11.6 Å². The van der Waals surface area contributed by atoms with Crippen molar-refractivity contribution < 1.29 is 18.1 Å². The lowest BCUT2D eigenvalue weighted by Crippen LogP contribution is -2.25. The van der Waals surface area contributed by atoms with E-state index in [-0.39, 0.29) is 11.7 Å². The van der Waals surface area contributed by atoms with Crippen molar-refractivity contribution in [1.82, 2.24) is 15.0 Å². The van der Waals surface area contributed by atoms with Gasteiger partial charge in [0.25, 0.3) is 0 Å². The number of aryl methyl sites for hydroxylation is 1. The number of carbonyl (C=O) groups is 1. The Labute approximate surface area is 144 Å². The second-order valence-corrected chi connectivity index (χ2v) is 5.70. The Balaban J connectivity index is 1.47. The van der Waals surface area contributed by atoms with E-state index in [1.807, 2.05) is 6.07 Å². The molecule has 0 aliphatic heterocycles. The molecule has 0 spiro atoms. The van der Waals surface area contributed by atoms with Crippen LogP contribution in [0.15, 0.2) is 51.6 Å². The smallest absolute Gasteiger partial charge is 0.226 e. The van der Waals surface area contributed by atoms with Crippen molar-refractivity contribution in [2.45, 2.75) is 25.8 Å². The summed E-state index contributed by atoms with van der Waals surface area (Å²) in [6.07, 6.45) is 3.08. The van der Waals surface area contributed by atoms with Crippen LogP contribution in [0.3, 0.4) is 0 Å². The van der Waals surface area contributed by atoms with E-state index in [1.54, 1.807) is 36.4 Å². The van der Waals surface area contributed by atoms with Crippen molar-refractivity contribution >= 4 is 5.91 Å². The molecule has 0 aliphatic rings. The van der Waals surface area contributed by atoms with Crippen molar-refractivity contribution in [3.63, 3.8) is 0 Å². The zero-order valence-electron chi connectivity index (χ0n) is 13.8. The summed E-state index contributed by atoms with van der Waals surface area (Å²) in [5.74, 6) is 1.33. The van der Waals surface area contributed by atoms with E-state index in [9.17, 15) is 9.18 Å². The number of nitrogens with zero attached hydrogens (tertiary/aromatic N) is 3. The van der Waals surface area contributed by atoms with E-state index in [1.165, 1.54) is 12.1 Å². The number of furan rings is 1. The predicted octanol–water partition coefficient (Wildman–Crippen LogP) is 3.45. The van der Waals surface area contributed by atoms with Crippen LogP contribution in [-0.4, -0.2) is 28.0 Å². The minimum atomic E-state index is -0.315. The van der Waals surface area contributed by atoms with Gasteiger partial charge >= 0.3 is 0 Å². The molecule has 0 bridgehead atoms. The number of hydrogen-bond acceptors (Lipinski definition) is 5. The molecule has 25 heavy (non-hydrogen) atoms. The van der Waals surface area contributed by atoms with Crippen molar-refractivity contribution in [3.8, 4) is 11.4 Å².